The van der Waals surface area contributed by atoms with Crippen molar-refractivity contribution in [3.8, 4) is 11.5 Å². The molecule has 0 saturated heterocycles. The summed E-state index contributed by atoms with van der Waals surface area (Å²) in [5.74, 6) is 0.633. The molecule has 0 aromatic heterocycles. The lowest BCUT2D eigenvalue weighted by Gasteiger charge is -2.19. The number of fused-ring (bicyclic) bond motifs is 1. The van der Waals surface area contributed by atoms with Crippen LogP contribution in [0, 0.1) is 5.82 Å². The van der Waals surface area contributed by atoms with Crippen molar-refractivity contribution in [2.45, 2.75) is 13.2 Å². The van der Waals surface area contributed by atoms with E-state index in [1.54, 1.807) is 7.11 Å². The Morgan fingerprint density at radius 1 is 1.32 bits per heavy atom. The largest absolute Gasteiger partial charge is 0.497 e. The summed E-state index contributed by atoms with van der Waals surface area (Å²) < 4.78 is 29.3. The summed E-state index contributed by atoms with van der Waals surface area (Å²) in [7, 11) is 1.60. The molecule has 3 rings (SSSR count). The van der Waals surface area contributed by atoms with Gasteiger partial charge < -0.3 is 19.5 Å². The van der Waals surface area contributed by atoms with E-state index >= 15 is 0 Å². The van der Waals surface area contributed by atoms with E-state index in [4.69, 9.17) is 14.2 Å². The van der Waals surface area contributed by atoms with Crippen molar-refractivity contribution in [2.75, 3.05) is 13.9 Å². The van der Waals surface area contributed by atoms with Crippen molar-refractivity contribution < 1.29 is 23.4 Å². The molecular formula is C19H18FNO4. The maximum Gasteiger partial charge on any atom is 0.244 e. The van der Waals surface area contributed by atoms with Crippen LogP contribution >= 0.6 is 0 Å². The van der Waals surface area contributed by atoms with Crippen molar-refractivity contribution in [1.82, 2.24) is 5.32 Å². The van der Waals surface area contributed by atoms with Gasteiger partial charge in [-0.25, -0.2) is 4.39 Å². The normalized spacial score (nSPS) is 13.2. The Kier molecular flexibility index (Phi) is 5.30. The lowest BCUT2D eigenvalue weighted by atomic mass is 10.1. The fourth-order valence-electron chi connectivity index (χ4n) is 2.49. The molecule has 0 bridgehead atoms. The average Bonchev–Trinajstić information content (AvgIpc) is 2.64. The third-order valence-electron chi connectivity index (χ3n) is 3.74. The van der Waals surface area contributed by atoms with Gasteiger partial charge in [0.05, 0.1) is 13.7 Å². The molecule has 6 heteroatoms. The molecule has 1 aliphatic rings. The molecule has 1 N–H and O–H groups in total. The lowest BCUT2D eigenvalue weighted by molar-refractivity contribution is -0.116. The molecule has 0 aliphatic carbocycles. The number of nitrogens with one attached hydrogen (secondary N) is 1. The van der Waals surface area contributed by atoms with Gasteiger partial charge in [-0.2, -0.15) is 0 Å². The van der Waals surface area contributed by atoms with E-state index in [9.17, 15) is 9.18 Å². The number of hydrogen-bond acceptors (Lipinski definition) is 4. The van der Waals surface area contributed by atoms with Crippen molar-refractivity contribution in [3.05, 3.63) is 65.0 Å². The minimum absolute atomic E-state index is 0.114. The molecule has 1 amide bonds. The Labute approximate surface area is 145 Å². The zero-order valence-corrected chi connectivity index (χ0v) is 13.8. The Balaban J connectivity index is 1.63. The van der Waals surface area contributed by atoms with Crippen LogP contribution in [0.1, 0.15) is 16.7 Å². The maximum absolute atomic E-state index is 13.7. The van der Waals surface area contributed by atoms with Gasteiger partial charge in [0.1, 0.15) is 17.3 Å². The van der Waals surface area contributed by atoms with Crippen molar-refractivity contribution in [1.29, 1.82) is 0 Å². The summed E-state index contributed by atoms with van der Waals surface area (Å²) in [6.45, 7) is 0.791. The molecule has 0 spiro atoms. The molecule has 1 aliphatic heterocycles. The number of carbonyl (C=O) groups excluding carboxylic acids is 1. The standard InChI is InChI=1S/C19H18FNO4/c1-23-17-5-2-13(3-6-17)10-21-18(22)7-4-14-8-16(20)9-15-11-24-12-25-19(14)15/h2-9H,10-12H2,1H3,(H,21,22). The molecule has 0 unspecified atom stereocenters. The number of benzene rings is 2. The molecule has 5 nitrogen and oxygen atoms in total. The third-order valence-corrected chi connectivity index (χ3v) is 3.74. The number of hydrogen-bond donors (Lipinski definition) is 1. The van der Waals surface area contributed by atoms with Crippen LogP contribution in [0.4, 0.5) is 4.39 Å². The Morgan fingerprint density at radius 3 is 2.88 bits per heavy atom. The van der Waals surface area contributed by atoms with Gasteiger partial charge >= 0.3 is 0 Å². The fraction of sp³-hybridized carbons (Fsp3) is 0.211. The fourth-order valence-corrected chi connectivity index (χ4v) is 2.49. The van der Waals surface area contributed by atoms with Crippen LogP contribution in [0.5, 0.6) is 11.5 Å². The van der Waals surface area contributed by atoms with Crippen LogP contribution in [0.25, 0.3) is 6.08 Å². The van der Waals surface area contributed by atoms with E-state index in [2.05, 4.69) is 5.32 Å². The monoisotopic (exact) mass is 343 g/mol. The smallest absolute Gasteiger partial charge is 0.244 e. The predicted octanol–water partition coefficient (Wildman–Crippen LogP) is 3.03. The van der Waals surface area contributed by atoms with Crippen molar-refractivity contribution in [2.24, 2.45) is 0 Å². The molecule has 130 valence electrons. The molecule has 0 atom stereocenters. The van der Waals surface area contributed by atoms with Gasteiger partial charge in [-0.15, -0.1) is 0 Å². The van der Waals surface area contributed by atoms with E-state index < -0.39 is 5.82 Å². The summed E-state index contributed by atoms with van der Waals surface area (Å²) in [5.41, 5.74) is 2.09. The first-order chi connectivity index (χ1) is 12.2. The van der Waals surface area contributed by atoms with Crippen LogP contribution in [0.15, 0.2) is 42.5 Å². The first kappa shape index (κ1) is 17.0. The minimum Gasteiger partial charge on any atom is -0.497 e. The van der Waals surface area contributed by atoms with Crippen LogP contribution in [0.3, 0.4) is 0 Å². The van der Waals surface area contributed by atoms with Gasteiger partial charge in [0.2, 0.25) is 5.91 Å². The highest BCUT2D eigenvalue weighted by molar-refractivity contribution is 5.92. The summed E-state index contributed by atoms with van der Waals surface area (Å²) in [6, 6.07) is 10.1. The first-order valence-electron chi connectivity index (χ1n) is 7.77. The molecule has 25 heavy (non-hydrogen) atoms. The molecule has 2 aromatic rings. The topological polar surface area (TPSA) is 56.8 Å². The average molecular weight is 343 g/mol. The number of ether oxygens (including phenoxy) is 3. The van der Waals surface area contributed by atoms with E-state index in [-0.39, 0.29) is 19.3 Å². The zero-order valence-electron chi connectivity index (χ0n) is 13.8. The number of carbonyl (C=O) groups is 1. The van der Waals surface area contributed by atoms with Crippen LogP contribution < -0.4 is 14.8 Å². The highest BCUT2D eigenvalue weighted by atomic mass is 19.1. The lowest BCUT2D eigenvalue weighted by Crippen LogP contribution is -2.20. The first-order valence-corrected chi connectivity index (χ1v) is 7.77. The van der Waals surface area contributed by atoms with Crippen molar-refractivity contribution >= 4 is 12.0 Å². The number of halogens is 1. The van der Waals surface area contributed by atoms with E-state index in [0.717, 1.165) is 11.3 Å². The molecule has 0 fully saturated rings. The summed E-state index contributed by atoms with van der Waals surface area (Å²) in [6.07, 6.45) is 2.90. The zero-order chi connectivity index (χ0) is 17.6. The van der Waals surface area contributed by atoms with Gasteiger partial charge in [-0.3, -0.25) is 4.79 Å². The van der Waals surface area contributed by atoms with Gasteiger partial charge in [0, 0.05) is 23.7 Å². The number of methoxy groups -OCH3 is 1. The summed E-state index contributed by atoms with van der Waals surface area (Å²) in [4.78, 5) is 12.0. The number of rotatable bonds is 5. The number of amides is 1. The minimum atomic E-state index is -0.397. The van der Waals surface area contributed by atoms with Gasteiger partial charge in [0.15, 0.2) is 6.79 Å². The summed E-state index contributed by atoms with van der Waals surface area (Å²) in [5, 5.41) is 2.78. The van der Waals surface area contributed by atoms with Gasteiger partial charge in [-0.1, -0.05) is 12.1 Å². The Hall–Kier alpha value is -2.86. The molecular weight excluding hydrogens is 325 g/mol. The Morgan fingerprint density at radius 2 is 2.12 bits per heavy atom. The van der Waals surface area contributed by atoms with Gasteiger partial charge in [0.25, 0.3) is 0 Å². The van der Waals surface area contributed by atoms with Crippen LogP contribution in [-0.2, 0) is 22.7 Å². The third kappa shape index (κ3) is 4.36. The molecule has 1 heterocycles. The maximum atomic E-state index is 13.7. The highest BCUT2D eigenvalue weighted by Gasteiger charge is 2.15. The predicted molar refractivity (Wildman–Crippen MR) is 90.6 cm³/mol. The quantitative estimate of drug-likeness (QED) is 0.848. The van der Waals surface area contributed by atoms with Gasteiger partial charge in [-0.05, 0) is 35.9 Å². The van der Waals surface area contributed by atoms with E-state index in [1.165, 1.54) is 24.3 Å². The van der Waals surface area contributed by atoms with Crippen LogP contribution in [-0.4, -0.2) is 19.8 Å². The SMILES string of the molecule is COc1ccc(CNC(=O)C=Cc2cc(F)cc3c2OCOC3)cc1. The van der Waals surface area contributed by atoms with E-state index in [1.807, 2.05) is 24.3 Å². The second-order valence-corrected chi connectivity index (χ2v) is 5.49. The second kappa shape index (κ2) is 7.81. The van der Waals surface area contributed by atoms with E-state index in [0.29, 0.717) is 23.4 Å². The second-order valence-electron chi connectivity index (χ2n) is 5.49. The summed E-state index contributed by atoms with van der Waals surface area (Å²) >= 11 is 0. The molecule has 0 radical (unpaired) electrons. The molecule has 0 saturated carbocycles. The Bertz CT molecular complexity index is 787. The highest BCUT2D eigenvalue weighted by Crippen LogP contribution is 2.30. The molecule has 2 aromatic carbocycles. The van der Waals surface area contributed by atoms with Crippen LogP contribution in [0.2, 0.25) is 0 Å². The van der Waals surface area contributed by atoms with Crippen molar-refractivity contribution in [3.63, 3.8) is 0 Å².